The normalized spacial score (nSPS) is 12.7. The Morgan fingerprint density at radius 1 is 1.27 bits per heavy atom. The first-order valence-electron chi connectivity index (χ1n) is 7.30. The van der Waals surface area contributed by atoms with Crippen LogP contribution in [0.25, 0.3) is 0 Å². The average molecular weight is 328 g/mol. The highest BCUT2D eigenvalue weighted by atomic mass is 32.2. The largest absolute Gasteiger partial charge is 0.508 e. The number of phenols is 1. The van der Waals surface area contributed by atoms with Gasteiger partial charge in [0.2, 0.25) is 0 Å². The van der Waals surface area contributed by atoms with E-state index in [2.05, 4.69) is 5.32 Å². The van der Waals surface area contributed by atoms with Gasteiger partial charge in [0, 0.05) is 19.3 Å². The Morgan fingerprint density at radius 3 is 2.36 bits per heavy atom. The minimum Gasteiger partial charge on any atom is -0.508 e. The van der Waals surface area contributed by atoms with Crippen LogP contribution in [0.1, 0.15) is 31.9 Å². The summed E-state index contributed by atoms with van der Waals surface area (Å²) in [4.78, 5) is 13.5. The van der Waals surface area contributed by atoms with Gasteiger partial charge in [-0.2, -0.15) is 0 Å². The molecule has 0 aliphatic carbocycles. The molecule has 0 unspecified atom stereocenters. The quantitative estimate of drug-likeness (QED) is 0.800. The van der Waals surface area contributed by atoms with Crippen molar-refractivity contribution in [2.24, 2.45) is 0 Å². The maximum absolute atomic E-state index is 12.1. The standard InChI is InChI=1S/C15H24N2O4S/c1-4-14(12-6-8-13(18)9-7-12)16-15(19)17(3)10-11-22(20,21)5-2/h6-9,14,18H,4-5,10-11H2,1-3H3,(H,16,19)/t14-/m0/s1. The Morgan fingerprint density at radius 2 is 1.86 bits per heavy atom. The summed E-state index contributed by atoms with van der Waals surface area (Å²) in [5.74, 6) is 0.212. The molecule has 2 amide bonds. The van der Waals surface area contributed by atoms with Crippen LogP contribution < -0.4 is 5.32 Å². The van der Waals surface area contributed by atoms with E-state index in [1.54, 1.807) is 38.2 Å². The van der Waals surface area contributed by atoms with E-state index in [9.17, 15) is 18.3 Å². The monoisotopic (exact) mass is 328 g/mol. The molecule has 124 valence electrons. The van der Waals surface area contributed by atoms with Crippen molar-refractivity contribution < 1.29 is 18.3 Å². The highest BCUT2D eigenvalue weighted by molar-refractivity contribution is 7.91. The number of urea groups is 1. The lowest BCUT2D eigenvalue weighted by atomic mass is 10.0. The van der Waals surface area contributed by atoms with E-state index < -0.39 is 9.84 Å². The summed E-state index contributed by atoms with van der Waals surface area (Å²) in [6.07, 6.45) is 0.692. The summed E-state index contributed by atoms with van der Waals surface area (Å²) < 4.78 is 23.0. The zero-order chi connectivity index (χ0) is 16.8. The maximum atomic E-state index is 12.1. The van der Waals surface area contributed by atoms with Crippen LogP contribution >= 0.6 is 0 Å². The van der Waals surface area contributed by atoms with Gasteiger partial charge in [-0.25, -0.2) is 13.2 Å². The molecule has 2 N–H and O–H groups in total. The number of phenolic OH excluding ortho intramolecular Hbond substituents is 1. The van der Waals surface area contributed by atoms with Gasteiger partial charge in [0.1, 0.15) is 5.75 Å². The molecule has 6 nitrogen and oxygen atoms in total. The molecule has 1 aromatic carbocycles. The zero-order valence-corrected chi connectivity index (χ0v) is 14.1. The van der Waals surface area contributed by atoms with E-state index in [-0.39, 0.29) is 35.9 Å². The van der Waals surface area contributed by atoms with Crippen molar-refractivity contribution in [2.75, 3.05) is 25.1 Å². The Kier molecular flexibility index (Phi) is 6.67. The van der Waals surface area contributed by atoms with Gasteiger partial charge in [-0.15, -0.1) is 0 Å². The molecule has 7 heteroatoms. The van der Waals surface area contributed by atoms with E-state index in [1.807, 2.05) is 6.92 Å². The number of hydrogen-bond donors (Lipinski definition) is 2. The molecule has 0 saturated carbocycles. The molecule has 0 spiro atoms. The van der Waals surface area contributed by atoms with Crippen LogP contribution in [0, 0.1) is 0 Å². The van der Waals surface area contributed by atoms with Gasteiger partial charge in [0.05, 0.1) is 11.8 Å². The minimum atomic E-state index is -3.09. The number of carbonyl (C=O) groups excluding carboxylic acids is 1. The number of nitrogens with zero attached hydrogens (tertiary/aromatic N) is 1. The van der Waals surface area contributed by atoms with E-state index in [0.717, 1.165) is 5.56 Å². The van der Waals surface area contributed by atoms with Crippen molar-refractivity contribution in [3.05, 3.63) is 29.8 Å². The predicted octanol–water partition coefficient (Wildman–Crippen LogP) is 1.92. The summed E-state index contributed by atoms with van der Waals surface area (Å²) in [6.45, 7) is 3.70. The molecule has 1 aromatic rings. The molecule has 0 aliphatic heterocycles. The molecule has 0 bridgehead atoms. The number of amides is 2. The third kappa shape index (κ3) is 5.55. The van der Waals surface area contributed by atoms with Gasteiger partial charge >= 0.3 is 6.03 Å². The van der Waals surface area contributed by atoms with Crippen molar-refractivity contribution in [2.45, 2.75) is 26.3 Å². The fraction of sp³-hybridized carbons (Fsp3) is 0.533. The predicted molar refractivity (Wildman–Crippen MR) is 86.6 cm³/mol. The minimum absolute atomic E-state index is 0.0383. The van der Waals surface area contributed by atoms with E-state index in [4.69, 9.17) is 0 Å². The average Bonchev–Trinajstić information content (AvgIpc) is 2.51. The fourth-order valence-corrected chi connectivity index (χ4v) is 2.75. The maximum Gasteiger partial charge on any atom is 0.317 e. The molecule has 0 aliphatic rings. The Balaban J connectivity index is 2.63. The topological polar surface area (TPSA) is 86.7 Å². The van der Waals surface area contributed by atoms with Crippen LogP contribution in [-0.4, -0.2) is 49.6 Å². The number of nitrogens with one attached hydrogen (secondary N) is 1. The number of benzene rings is 1. The molecule has 1 atom stereocenters. The zero-order valence-electron chi connectivity index (χ0n) is 13.2. The molecule has 0 radical (unpaired) electrons. The fourth-order valence-electron chi connectivity index (χ4n) is 1.91. The smallest absolute Gasteiger partial charge is 0.317 e. The van der Waals surface area contributed by atoms with Crippen LogP contribution in [0.2, 0.25) is 0 Å². The van der Waals surface area contributed by atoms with E-state index in [1.165, 1.54) is 4.90 Å². The van der Waals surface area contributed by atoms with E-state index in [0.29, 0.717) is 6.42 Å². The van der Waals surface area contributed by atoms with Crippen LogP contribution in [0.15, 0.2) is 24.3 Å². The number of hydrogen-bond acceptors (Lipinski definition) is 4. The molecule has 22 heavy (non-hydrogen) atoms. The summed E-state index contributed by atoms with van der Waals surface area (Å²) in [7, 11) is -1.52. The Hall–Kier alpha value is -1.76. The first kappa shape index (κ1) is 18.3. The second kappa shape index (κ2) is 8.03. The molecule has 0 saturated heterocycles. The number of rotatable bonds is 7. The van der Waals surface area contributed by atoms with Gasteiger partial charge in [-0.1, -0.05) is 26.0 Å². The van der Waals surface area contributed by atoms with Crippen LogP contribution in [0.3, 0.4) is 0 Å². The van der Waals surface area contributed by atoms with Gasteiger partial charge in [-0.05, 0) is 24.1 Å². The number of carbonyl (C=O) groups is 1. The van der Waals surface area contributed by atoms with Gasteiger partial charge in [-0.3, -0.25) is 0 Å². The van der Waals surface area contributed by atoms with Crippen molar-refractivity contribution in [3.63, 3.8) is 0 Å². The first-order valence-corrected chi connectivity index (χ1v) is 9.12. The van der Waals surface area contributed by atoms with Crippen LogP contribution in [-0.2, 0) is 9.84 Å². The Bertz CT molecular complexity index is 584. The second-order valence-electron chi connectivity index (χ2n) is 5.16. The van der Waals surface area contributed by atoms with Crippen LogP contribution in [0.5, 0.6) is 5.75 Å². The van der Waals surface area contributed by atoms with Crippen molar-refractivity contribution >= 4 is 15.9 Å². The molecule has 0 aromatic heterocycles. The Labute approximate surface area is 132 Å². The highest BCUT2D eigenvalue weighted by Gasteiger charge is 2.17. The van der Waals surface area contributed by atoms with Crippen molar-refractivity contribution in [1.29, 1.82) is 0 Å². The molecule has 0 heterocycles. The van der Waals surface area contributed by atoms with E-state index >= 15 is 0 Å². The number of aromatic hydroxyl groups is 1. The summed E-state index contributed by atoms with van der Waals surface area (Å²) >= 11 is 0. The molecular weight excluding hydrogens is 304 g/mol. The highest BCUT2D eigenvalue weighted by Crippen LogP contribution is 2.19. The SMILES string of the molecule is CC[C@H](NC(=O)N(C)CCS(=O)(=O)CC)c1ccc(O)cc1. The summed E-state index contributed by atoms with van der Waals surface area (Å²) in [5.41, 5.74) is 0.892. The lowest BCUT2D eigenvalue weighted by Crippen LogP contribution is -2.41. The third-order valence-corrected chi connectivity index (χ3v) is 5.21. The lowest BCUT2D eigenvalue weighted by Gasteiger charge is -2.23. The molecule has 1 rings (SSSR count). The van der Waals surface area contributed by atoms with Gasteiger partial charge < -0.3 is 15.3 Å². The summed E-state index contributed by atoms with van der Waals surface area (Å²) in [6, 6.07) is 6.16. The molecule has 0 fully saturated rings. The van der Waals surface area contributed by atoms with Crippen molar-refractivity contribution in [3.8, 4) is 5.75 Å². The second-order valence-corrected chi connectivity index (χ2v) is 7.63. The first-order chi connectivity index (χ1) is 10.3. The third-order valence-electron chi connectivity index (χ3n) is 3.53. The van der Waals surface area contributed by atoms with Crippen LogP contribution in [0.4, 0.5) is 4.79 Å². The van der Waals surface area contributed by atoms with Gasteiger partial charge in [0.25, 0.3) is 0 Å². The molecular formula is C15H24N2O4S. The number of sulfone groups is 1. The summed E-state index contributed by atoms with van der Waals surface area (Å²) in [5, 5.41) is 12.2. The van der Waals surface area contributed by atoms with Gasteiger partial charge in [0.15, 0.2) is 9.84 Å². The lowest BCUT2D eigenvalue weighted by molar-refractivity contribution is 0.206. The van der Waals surface area contributed by atoms with Crippen molar-refractivity contribution in [1.82, 2.24) is 10.2 Å².